The van der Waals surface area contributed by atoms with Crippen molar-refractivity contribution in [3.8, 4) is 0 Å². The lowest BCUT2D eigenvalue weighted by molar-refractivity contribution is -0.131. The van der Waals surface area contributed by atoms with Crippen molar-refractivity contribution in [3.05, 3.63) is 41.5 Å². The van der Waals surface area contributed by atoms with Crippen LogP contribution in [-0.2, 0) is 22.4 Å². The number of hydrogen-bond acceptors (Lipinski definition) is 2. The summed E-state index contributed by atoms with van der Waals surface area (Å²) in [5, 5.41) is 11.2. The van der Waals surface area contributed by atoms with Crippen LogP contribution in [0, 0.1) is 0 Å². The molecule has 0 fully saturated rings. The molecule has 2 rings (SSSR count). The van der Waals surface area contributed by atoms with Crippen LogP contribution < -0.4 is 5.32 Å². The summed E-state index contributed by atoms with van der Waals surface area (Å²) in [6, 6.07) is 5.86. The number of nitrogens with one attached hydrogen (secondary N) is 1. The fourth-order valence-corrected chi connectivity index (χ4v) is 2.22. The Morgan fingerprint density at radius 2 is 1.94 bits per heavy atom. The summed E-state index contributed by atoms with van der Waals surface area (Å²) in [4.78, 5) is 21.9. The molecule has 4 nitrogen and oxygen atoms in total. The van der Waals surface area contributed by atoms with Gasteiger partial charge in [0.25, 0.3) is 0 Å². The van der Waals surface area contributed by atoms with E-state index >= 15 is 0 Å². The molecule has 1 amide bonds. The zero-order valence-corrected chi connectivity index (χ0v) is 9.98. The minimum absolute atomic E-state index is 0.406. The van der Waals surface area contributed by atoms with Gasteiger partial charge in [0, 0.05) is 17.8 Å². The molecule has 1 aliphatic carbocycles. The Kier molecular flexibility index (Phi) is 3.77. The second kappa shape index (κ2) is 5.49. The Bertz CT molecular complexity index is 506. The molecular weight excluding hydrogens is 230 g/mol. The zero-order valence-electron chi connectivity index (χ0n) is 9.98. The molecule has 1 aromatic carbocycles. The van der Waals surface area contributed by atoms with Crippen molar-refractivity contribution in [1.82, 2.24) is 0 Å². The average Bonchev–Trinajstić information content (AvgIpc) is 2.37. The first-order valence-electron chi connectivity index (χ1n) is 5.99. The van der Waals surface area contributed by atoms with Crippen molar-refractivity contribution < 1.29 is 14.7 Å². The van der Waals surface area contributed by atoms with Gasteiger partial charge in [-0.25, -0.2) is 4.79 Å². The van der Waals surface area contributed by atoms with Crippen molar-refractivity contribution in [2.45, 2.75) is 25.7 Å². The molecule has 1 aliphatic rings. The van der Waals surface area contributed by atoms with Gasteiger partial charge in [0.1, 0.15) is 0 Å². The van der Waals surface area contributed by atoms with Crippen LogP contribution in [0.2, 0.25) is 0 Å². The zero-order chi connectivity index (χ0) is 13.0. The van der Waals surface area contributed by atoms with Crippen LogP contribution in [0.5, 0.6) is 0 Å². The summed E-state index contributed by atoms with van der Waals surface area (Å²) in [5.74, 6) is -1.53. The topological polar surface area (TPSA) is 66.4 Å². The van der Waals surface area contributed by atoms with Crippen molar-refractivity contribution in [2.75, 3.05) is 5.32 Å². The van der Waals surface area contributed by atoms with E-state index in [0.717, 1.165) is 37.1 Å². The fourth-order valence-electron chi connectivity index (χ4n) is 2.22. The van der Waals surface area contributed by atoms with Gasteiger partial charge in [-0.1, -0.05) is 12.1 Å². The normalized spacial score (nSPS) is 14.2. The number of carbonyl (C=O) groups is 2. The van der Waals surface area contributed by atoms with Gasteiger partial charge in [0.15, 0.2) is 0 Å². The number of rotatable bonds is 3. The molecule has 0 aromatic heterocycles. The minimum atomic E-state index is -1.12. The van der Waals surface area contributed by atoms with Gasteiger partial charge in [-0.3, -0.25) is 4.79 Å². The number of hydrogen-bond donors (Lipinski definition) is 2. The number of carbonyl (C=O) groups excluding carboxylic acids is 1. The summed E-state index contributed by atoms with van der Waals surface area (Å²) in [7, 11) is 0. The fraction of sp³-hybridized carbons (Fsp3) is 0.286. The Morgan fingerprint density at radius 3 is 2.72 bits per heavy atom. The summed E-state index contributed by atoms with van der Waals surface area (Å²) in [6.45, 7) is 0. The molecular formula is C14H15NO3. The maximum Gasteiger partial charge on any atom is 0.328 e. The third kappa shape index (κ3) is 2.97. The predicted molar refractivity (Wildman–Crippen MR) is 68.5 cm³/mol. The Morgan fingerprint density at radius 1 is 1.17 bits per heavy atom. The maximum absolute atomic E-state index is 11.5. The SMILES string of the molecule is O=C(O)/C=C/C(=O)Nc1cccc2c1CCCC2. The lowest BCUT2D eigenvalue weighted by Crippen LogP contribution is -2.13. The molecule has 0 saturated heterocycles. The van der Waals surface area contributed by atoms with Crippen molar-refractivity contribution in [2.24, 2.45) is 0 Å². The molecule has 0 atom stereocenters. The summed E-state index contributed by atoms with van der Waals surface area (Å²) in [5.41, 5.74) is 3.26. The number of anilines is 1. The number of carboxylic acid groups (broad SMARTS) is 1. The Labute approximate surface area is 105 Å². The van der Waals surface area contributed by atoms with Gasteiger partial charge >= 0.3 is 5.97 Å². The number of amides is 1. The molecule has 18 heavy (non-hydrogen) atoms. The number of fused-ring (bicyclic) bond motifs is 1. The van der Waals surface area contributed by atoms with Crippen molar-refractivity contribution >= 4 is 17.6 Å². The quantitative estimate of drug-likeness (QED) is 0.802. The number of aliphatic carboxylic acids is 1. The van der Waals surface area contributed by atoms with Crippen LogP contribution in [-0.4, -0.2) is 17.0 Å². The van der Waals surface area contributed by atoms with Gasteiger partial charge in [-0.05, 0) is 42.9 Å². The van der Waals surface area contributed by atoms with E-state index in [2.05, 4.69) is 11.4 Å². The van der Waals surface area contributed by atoms with Crippen molar-refractivity contribution in [1.29, 1.82) is 0 Å². The van der Waals surface area contributed by atoms with Gasteiger partial charge in [-0.15, -0.1) is 0 Å². The smallest absolute Gasteiger partial charge is 0.328 e. The Hall–Kier alpha value is -2.10. The lowest BCUT2D eigenvalue weighted by Gasteiger charge is -2.19. The summed E-state index contributed by atoms with van der Waals surface area (Å²) < 4.78 is 0. The van der Waals surface area contributed by atoms with E-state index in [4.69, 9.17) is 5.11 Å². The van der Waals surface area contributed by atoms with E-state index in [-0.39, 0.29) is 0 Å². The molecule has 0 radical (unpaired) electrons. The molecule has 2 N–H and O–H groups in total. The molecule has 94 valence electrons. The van der Waals surface area contributed by atoms with Crippen LogP contribution in [0.1, 0.15) is 24.0 Å². The van der Waals surface area contributed by atoms with Gasteiger partial charge < -0.3 is 10.4 Å². The van der Waals surface area contributed by atoms with E-state index in [1.54, 1.807) is 0 Å². The highest BCUT2D eigenvalue weighted by molar-refractivity contribution is 6.02. The van der Waals surface area contributed by atoms with E-state index in [1.807, 2.05) is 12.1 Å². The number of carboxylic acids is 1. The van der Waals surface area contributed by atoms with E-state index in [9.17, 15) is 9.59 Å². The van der Waals surface area contributed by atoms with Crippen LogP contribution in [0.15, 0.2) is 30.4 Å². The van der Waals surface area contributed by atoms with E-state index < -0.39 is 11.9 Å². The first-order valence-corrected chi connectivity index (χ1v) is 5.99. The third-order valence-corrected chi connectivity index (χ3v) is 3.03. The second-order valence-corrected chi connectivity index (χ2v) is 4.31. The monoisotopic (exact) mass is 245 g/mol. The van der Waals surface area contributed by atoms with Crippen LogP contribution in [0.3, 0.4) is 0 Å². The highest BCUT2D eigenvalue weighted by Gasteiger charge is 2.13. The molecule has 0 heterocycles. The van der Waals surface area contributed by atoms with Gasteiger partial charge in [-0.2, -0.15) is 0 Å². The van der Waals surface area contributed by atoms with Gasteiger partial charge in [0.05, 0.1) is 0 Å². The molecule has 0 unspecified atom stereocenters. The number of aryl methyl sites for hydroxylation is 1. The third-order valence-electron chi connectivity index (χ3n) is 3.03. The largest absolute Gasteiger partial charge is 0.478 e. The second-order valence-electron chi connectivity index (χ2n) is 4.31. The predicted octanol–water partition coefficient (Wildman–Crippen LogP) is 2.14. The molecule has 4 heteroatoms. The van der Waals surface area contributed by atoms with Crippen LogP contribution >= 0.6 is 0 Å². The molecule has 0 bridgehead atoms. The standard InChI is InChI=1S/C14H15NO3/c16-13(8-9-14(17)18)15-12-7-3-5-10-4-1-2-6-11(10)12/h3,5,7-9H,1-2,4,6H2,(H,15,16)(H,17,18)/b9-8+. The van der Waals surface area contributed by atoms with Crippen molar-refractivity contribution in [3.63, 3.8) is 0 Å². The molecule has 0 spiro atoms. The van der Waals surface area contributed by atoms with Crippen LogP contribution in [0.25, 0.3) is 0 Å². The molecule has 0 saturated carbocycles. The van der Waals surface area contributed by atoms with E-state index in [0.29, 0.717) is 0 Å². The maximum atomic E-state index is 11.5. The summed E-state index contributed by atoms with van der Waals surface area (Å²) in [6.07, 6.45) is 6.20. The lowest BCUT2D eigenvalue weighted by atomic mass is 9.90. The molecule has 1 aromatic rings. The highest BCUT2D eigenvalue weighted by atomic mass is 16.4. The highest BCUT2D eigenvalue weighted by Crippen LogP contribution is 2.27. The minimum Gasteiger partial charge on any atom is -0.478 e. The first-order chi connectivity index (χ1) is 8.66. The molecule has 0 aliphatic heterocycles. The summed E-state index contributed by atoms with van der Waals surface area (Å²) >= 11 is 0. The van der Waals surface area contributed by atoms with E-state index in [1.165, 1.54) is 17.5 Å². The number of benzene rings is 1. The first kappa shape index (κ1) is 12.4. The Balaban J connectivity index is 2.14. The van der Waals surface area contributed by atoms with Crippen LogP contribution in [0.4, 0.5) is 5.69 Å². The average molecular weight is 245 g/mol. The van der Waals surface area contributed by atoms with Gasteiger partial charge in [0.2, 0.25) is 5.91 Å².